The molecule has 0 N–H and O–H groups in total. The summed E-state index contributed by atoms with van der Waals surface area (Å²) in [7, 11) is 4.00. The van der Waals surface area contributed by atoms with Crippen molar-refractivity contribution < 1.29 is 14.2 Å². The van der Waals surface area contributed by atoms with Crippen LogP contribution >= 0.6 is 0 Å². The van der Waals surface area contributed by atoms with Crippen LogP contribution in [0.2, 0.25) is 0 Å². The number of piperidine rings is 1. The van der Waals surface area contributed by atoms with Crippen molar-refractivity contribution in [1.29, 1.82) is 0 Å². The van der Waals surface area contributed by atoms with Crippen LogP contribution in [0, 0.1) is 11.3 Å². The van der Waals surface area contributed by atoms with Gasteiger partial charge in [-0.1, -0.05) is 61.5 Å². The Morgan fingerprint density at radius 3 is 1.95 bits per heavy atom. The highest BCUT2D eigenvalue weighted by atomic mass is 16.5. The summed E-state index contributed by atoms with van der Waals surface area (Å²) in [4.78, 5) is 4.88. The molecule has 2 aliphatic heterocycles. The fourth-order valence-electron chi connectivity index (χ4n) is 5.88. The van der Waals surface area contributed by atoms with Crippen molar-refractivity contribution in [3.8, 4) is 5.75 Å². The molecule has 0 amide bonds. The van der Waals surface area contributed by atoms with Crippen molar-refractivity contribution in [2.24, 2.45) is 11.3 Å². The van der Waals surface area contributed by atoms with Crippen LogP contribution in [0.25, 0.3) is 0 Å². The molecule has 0 unspecified atom stereocenters. The highest BCUT2D eigenvalue weighted by molar-refractivity contribution is 5.51. The van der Waals surface area contributed by atoms with Crippen molar-refractivity contribution >= 4 is 5.69 Å². The molecule has 0 aromatic heterocycles. The summed E-state index contributed by atoms with van der Waals surface area (Å²) in [6.45, 7) is 25.8. The van der Waals surface area contributed by atoms with Crippen LogP contribution in [0.15, 0.2) is 24.3 Å². The molecule has 4 rings (SSSR count). The number of anilines is 1. The lowest BCUT2D eigenvalue weighted by Gasteiger charge is -2.48. The number of hydrogen-bond donors (Lipinski definition) is 0. The van der Waals surface area contributed by atoms with E-state index in [4.69, 9.17) is 14.2 Å². The Kier molecular flexibility index (Phi) is 15.3. The molecule has 2 heterocycles. The standard InChI is InChI=1S/C27H44N2O3.3C2H6/c1-26(2,20-17-28(5)18-20)19-27(3,4)32-23-9-7-8-21(14-23)29-12-10-22(11-13-29)31-25-15-24(16-25)30-6;3*1-2/h7-9,14,20,22,24-25H,10-13,15-19H2,1-6H3;3*1-2H3. The first kappa shape index (κ1) is 34.7. The van der Waals surface area contributed by atoms with Crippen molar-refractivity contribution in [2.45, 2.75) is 125 Å². The van der Waals surface area contributed by atoms with E-state index in [0.29, 0.717) is 18.3 Å². The van der Waals surface area contributed by atoms with Crippen molar-refractivity contribution in [2.75, 3.05) is 45.2 Å². The van der Waals surface area contributed by atoms with Gasteiger partial charge in [-0.25, -0.2) is 0 Å². The summed E-state index contributed by atoms with van der Waals surface area (Å²) < 4.78 is 18.2. The molecule has 1 aliphatic carbocycles. The SMILES string of the molecule is CC.CC.CC.COC1CC(OC2CCN(c3cccc(OC(C)(C)CC(C)(C)C4CN(C)C4)c3)CC2)C1. The van der Waals surface area contributed by atoms with Gasteiger partial charge in [0.15, 0.2) is 0 Å². The second-order valence-corrected chi connectivity index (χ2v) is 11.7. The fourth-order valence-corrected chi connectivity index (χ4v) is 5.88. The maximum Gasteiger partial charge on any atom is 0.122 e. The fraction of sp³-hybridized carbons (Fsp3) is 0.818. The quantitative estimate of drug-likeness (QED) is 0.320. The molecule has 0 bridgehead atoms. The van der Waals surface area contributed by atoms with Crippen LogP contribution in [0.3, 0.4) is 0 Å². The van der Waals surface area contributed by atoms with Gasteiger partial charge in [0.25, 0.3) is 0 Å². The van der Waals surface area contributed by atoms with E-state index in [9.17, 15) is 0 Å². The van der Waals surface area contributed by atoms with Gasteiger partial charge in [0.1, 0.15) is 11.4 Å². The molecule has 3 aliphatic rings. The van der Waals surface area contributed by atoms with Gasteiger partial charge in [-0.05, 0) is 76.5 Å². The molecule has 1 aromatic carbocycles. The van der Waals surface area contributed by atoms with Gasteiger partial charge in [-0.3, -0.25) is 0 Å². The lowest BCUT2D eigenvalue weighted by Crippen LogP contribution is -2.52. The molecule has 5 heteroatoms. The minimum atomic E-state index is -0.194. The number of nitrogens with zero attached hydrogens (tertiary/aromatic N) is 2. The van der Waals surface area contributed by atoms with E-state index in [1.165, 1.54) is 18.8 Å². The Balaban J connectivity index is 0.00000112. The molecule has 3 fully saturated rings. The van der Waals surface area contributed by atoms with Gasteiger partial charge >= 0.3 is 0 Å². The first-order valence-corrected chi connectivity index (χ1v) is 15.5. The summed E-state index contributed by atoms with van der Waals surface area (Å²) in [5, 5.41) is 0. The maximum absolute atomic E-state index is 6.55. The Labute approximate surface area is 236 Å². The molecule has 0 spiro atoms. The Bertz CT molecular complexity index is 746. The second-order valence-electron chi connectivity index (χ2n) is 11.7. The zero-order valence-electron chi connectivity index (χ0n) is 27.1. The first-order chi connectivity index (χ1) is 18.1. The van der Waals surface area contributed by atoms with Crippen molar-refractivity contribution in [1.82, 2.24) is 4.90 Å². The molecule has 222 valence electrons. The van der Waals surface area contributed by atoms with E-state index in [2.05, 4.69) is 68.8 Å². The minimum Gasteiger partial charge on any atom is -0.488 e. The normalized spacial score (nSPS) is 22.4. The average Bonchev–Trinajstić information content (AvgIpc) is 2.87. The maximum atomic E-state index is 6.55. The van der Waals surface area contributed by atoms with E-state index in [0.717, 1.165) is 56.9 Å². The van der Waals surface area contributed by atoms with Crippen LogP contribution in [-0.4, -0.2) is 69.1 Å². The average molecular weight is 535 g/mol. The number of ether oxygens (including phenoxy) is 3. The highest BCUT2D eigenvalue weighted by Crippen LogP contribution is 2.41. The third kappa shape index (κ3) is 10.4. The number of rotatable bonds is 9. The zero-order valence-corrected chi connectivity index (χ0v) is 27.1. The van der Waals surface area contributed by atoms with Crippen molar-refractivity contribution in [3.05, 3.63) is 24.3 Å². The third-order valence-corrected chi connectivity index (χ3v) is 7.84. The van der Waals surface area contributed by atoms with Crippen molar-refractivity contribution in [3.63, 3.8) is 0 Å². The molecule has 1 saturated carbocycles. The smallest absolute Gasteiger partial charge is 0.122 e. The monoisotopic (exact) mass is 534 g/mol. The highest BCUT2D eigenvalue weighted by Gasteiger charge is 2.41. The second kappa shape index (κ2) is 16.7. The molecular formula is C33H62N2O3. The van der Waals surface area contributed by atoms with Crippen LogP contribution in [0.5, 0.6) is 5.75 Å². The largest absolute Gasteiger partial charge is 0.488 e. The summed E-state index contributed by atoms with van der Waals surface area (Å²) >= 11 is 0. The van der Waals surface area contributed by atoms with E-state index in [-0.39, 0.29) is 11.0 Å². The molecule has 0 radical (unpaired) electrons. The summed E-state index contributed by atoms with van der Waals surface area (Å²) in [5.41, 5.74) is 1.35. The number of benzene rings is 1. The summed E-state index contributed by atoms with van der Waals surface area (Å²) in [6, 6.07) is 8.68. The third-order valence-electron chi connectivity index (χ3n) is 7.84. The molecular weight excluding hydrogens is 472 g/mol. The Morgan fingerprint density at radius 2 is 1.42 bits per heavy atom. The van der Waals surface area contributed by atoms with Gasteiger partial charge in [-0.15, -0.1) is 0 Å². The lowest BCUT2D eigenvalue weighted by atomic mass is 9.69. The van der Waals surface area contributed by atoms with Crippen LogP contribution in [-0.2, 0) is 9.47 Å². The number of methoxy groups -OCH3 is 1. The lowest BCUT2D eigenvalue weighted by molar-refractivity contribution is -0.119. The Morgan fingerprint density at radius 1 is 0.842 bits per heavy atom. The van der Waals surface area contributed by atoms with Crippen LogP contribution in [0.4, 0.5) is 5.69 Å². The van der Waals surface area contributed by atoms with Gasteiger partial charge in [0.05, 0.1) is 18.3 Å². The molecule has 1 aromatic rings. The number of likely N-dealkylation sites (tertiary alicyclic amines) is 1. The zero-order chi connectivity index (χ0) is 28.9. The molecule has 0 atom stereocenters. The predicted molar refractivity (Wildman–Crippen MR) is 165 cm³/mol. The topological polar surface area (TPSA) is 34.2 Å². The number of hydrogen-bond acceptors (Lipinski definition) is 5. The van der Waals surface area contributed by atoms with E-state index in [1.807, 2.05) is 41.5 Å². The van der Waals surface area contributed by atoms with Crippen LogP contribution in [0.1, 0.15) is 101 Å². The first-order valence-electron chi connectivity index (χ1n) is 15.5. The van der Waals surface area contributed by atoms with E-state index < -0.39 is 0 Å². The van der Waals surface area contributed by atoms with Gasteiger partial charge in [-0.2, -0.15) is 0 Å². The van der Waals surface area contributed by atoms with Crippen LogP contribution < -0.4 is 9.64 Å². The van der Waals surface area contributed by atoms with E-state index in [1.54, 1.807) is 7.11 Å². The minimum absolute atomic E-state index is 0.194. The van der Waals surface area contributed by atoms with Gasteiger partial charge in [0.2, 0.25) is 0 Å². The molecule has 2 saturated heterocycles. The molecule has 38 heavy (non-hydrogen) atoms. The summed E-state index contributed by atoms with van der Waals surface area (Å²) in [6.07, 6.45) is 6.55. The molecule has 5 nitrogen and oxygen atoms in total. The van der Waals surface area contributed by atoms with Gasteiger partial charge < -0.3 is 24.0 Å². The van der Waals surface area contributed by atoms with Gasteiger partial charge in [0, 0.05) is 45.0 Å². The predicted octanol–water partition coefficient (Wildman–Crippen LogP) is 8.06. The van der Waals surface area contributed by atoms with E-state index >= 15 is 0 Å². The summed E-state index contributed by atoms with van der Waals surface area (Å²) in [5.74, 6) is 1.73. The Hall–Kier alpha value is -1.30.